The number of rotatable bonds is 1. The largest absolute Gasteiger partial charge is 0.375 e. The molecule has 1 atom stereocenters. The molecule has 0 aromatic carbocycles. The Balaban J connectivity index is 2.56. The zero-order chi connectivity index (χ0) is 10.1. The molecule has 1 aromatic rings. The van der Waals surface area contributed by atoms with E-state index in [0.29, 0.717) is 0 Å². The summed E-state index contributed by atoms with van der Waals surface area (Å²) in [6, 6.07) is 1.66. The quantitative estimate of drug-likeness (QED) is 0.737. The van der Waals surface area contributed by atoms with Gasteiger partial charge in [0.2, 0.25) is 0 Å². The van der Waals surface area contributed by atoms with E-state index in [1.165, 1.54) is 0 Å². The lowest BCUT2D eigenvalue weighted by atomic mass is 9.93. The number of ether oxygens (including phenoxy) is 1. The summed E-state index contributed by atoms with van der Waals surface area (Å²) in [4.78, 5) is 14.9. The van der Waals surface area contributed by atoms with Crippen LogP contribution in [0.5, 0.6) is 0 Å². The van der Waals surface area contributed by atoms with Gasteiger partial charge in [-0.15, -0.1) is 0 Å². The van der Waals surface area contributed by atoms with Crippen LogP contribution in [-0.2, 0) is 11.2 Å². The number of methoxy groups -OCH3 is 1. The molecule has 0 fully saturated rings. The number of fused-ring (bicyclic) bond motifs is 1. The second kappa shape index (κ2) is 3.58. The van der Waals surface area contributed by atoms with Crippen LogP contribution in [0.2, 0.25) is 0 Å². The number of aryl methyl sites for hydroxylation is 1. The Kier molecular flexibility index (Phi) is 2.42. The van der Waals surface area contributed by atoms with Crippen molar-refractivity contribution in [3.63, 3.8) is 0 Å². The molecule has 0 spiro atoms. The van der Waals surface area contributed by atoms with Crippen molar-refractivity contribution >= 4 is 0 Å². The maximum Gasteiger partial charge on any atom is 0.185 e. The van der Waals surface area contributed by atoms with Crippen LogP contribution in [0, 0.1) is 6.92 Å². The Labute approximate surface area is 83.1 Å². The molecule has 76 valence electrons. The van der Waals surface area contributed by atoms with E-state index in [4.69, 9.17) is 4.74 Å². The molecule has 0 bridgehead atoms. The highest BCUT2D eigenvalue weighted by atomic mass is 16.5. The molecule has 1 aliphatic rings. The summed E-state index contributed by atoms with van der Waals surface area (Å²) >= 11 is 0. The molecule has 1 unspecified atom stereocenters. The Morgan fingerprint density at radius 1 is 1.57 bits per heavy atom. The first-order chi connectivity index (χ1) is 6.72. The second-order valence-electron chi connectivity index (χ2n) is 3.83. The third-order valence-electron chi connectivity index (χ3n) is 2.80. The maximum atomic E-state index is 11.7. The Morgan fingerprint density at radius 2 is 2.36 bits per heavy atom. The monoisotopic (exact) mass is 193 g/mol. The van der Waals surface area contributed by atoms with Crippen LogP contribution in [0.4, 0.5) is 0 Å². The van der Waals surface area contributed by atoms with Gasteiger partial charge in [0.1, 0.15) is 0 Å². The maximum absolute atomic E-state index is 11.7. The van der Waals surface area contributed by atoms with Crippen LogP contribution in [0.15, 0.2) is 10.9 Å². The lowest BCUT2D eigenvalue weighted by molar-refractivity contribution is 0.0840. The lowest BCUT2D eigenvalue weighted by Gasteiger charge is -2.23. The first-order valence-corrected chi connectivity index (χ1v) is 4.98. The van der Waals surface area contributed by atoms with Crippen LogP contribution in [-0.4, -0.2) is 12.1 Å². The molecule has 3 nitrogen and oxygen atoms in total. The van der Waals surface area contributed by atoms with Crippen molar-refractivity contribution in [3.05, 3.63) is 33.2 Å². The fourth-order valence-corrected chi connectivity index (χ4v) is 2.12. The highest BCUT2D eigenvalue weighted by molar-refractivity contribution is 5.27. The van der Waals surface area contributed by atoms with Gasteiger partial charge < -0.3 is 9.72 Å². The molecule has 0 saturated heterocycles. The van der Waals surface area contributed by atoms with E-state index in [1.807, 2.05) is 6.92 Å². The van der Waals surface area contributed by atoms with E-state index < -0.39 is 0 Å². The van der Waals surface area contributed by atoms with E-state index in [9.17, 15) is 4.79 Å². The van der Waals surface area contributed by atoms with E-state index in [2.05, 4.69) is 4.98 Å². The lowest BCUT2D eigenvalue weighted by Crippen LogP contribution is -2.22. The average Bonchev–Trinajstić information content (AvgIpc) is 2.17. The molecule has 1 heterocycles. The topological polar surface area (TPSA) is 42.1 Å². The van der Waals surface area contributed by atoms with Gasteiger partial charge in [-0.2, -0.15) is 0 Å². The van der Waals surface area contributed by atoms with Gasteiger partial charge in [-0.3, -0.25) is 4.79 Å². The third-order valence-corrected chi connectivity index (χ3v) is 2.80. The fraction of sp³-hybridized carbons (Fsp3) is 0.545. The van der Waals surface area contributed by atoms with E-state index in [-0.39, 0.29) is 11.5 Å². The zero-order valence-corrected chi connectivity index (χ0v) is 8.59. The van der Waals surface area contributed by atoms with Crippen molar-refractivity contribution < 1.29 is 4.74 Å². The predicted molar refractivity (Wildman–Crippen MR) is 54.5 cm³/mol. The average molecular weight is 193 g/mol. The van der Waals surface area contributed by atoms with E-state index in [1.54, 1.807) is 13.2 Å². The summed E-state index contributed by atoms with van der Waals surface area (Å²) in [5.74, 6) is 0. The van der Waals surface area contributed by atoms with Crippen molar-refractivity contribution in [2.45, 2.75) is 32.3 Å². The molecule has 14 heavy (non-hydrogen) atoms. The summed E-state index contributed by atoms with van der Waals surface area (Å²) in [5.41, 5.74) is 2.97. The van der Waals surface area contributed by atoms with E-state index in [0.717, 1.165) is 36.2 Å². The first-order valence-electron chi connectivity index (χ1n) is 4.98. The van der Waals surface area contributed by atoms with Gasteiger partial charge in [0.15, 0.2) is 5.43 Å². The van der Waals surface area contributed by atoms with Gasteiger partial charge in [0.05, 0.1) is 11.8 Å². The molecule has 1 aliphatic carbocycles. The summed E-state index contributed by atoms with van der Waals surface area (Å²) in [5, 5.41) is 0. The predicted octanol–water partition coefficient (Wildman–Crippen LogP) is 1.71. The summed E-state index contributed by atoms with van der Waals surface area (Å²) < 4.78 is 5.36. The van der Waals surface area contributed by atoms with Gasteiger partial charge in [-0.25, -0.2) is 0 Å². The second-order valence-corrected chi connectivity index (χ2v) is 3.83. The molecule has 1 aromatic heterocycles. The smallest absolute Gasteiger partial charge is 0.185 e. The standard InChI is InChI=1S/C11H15NO2/c1-7-6-9(13)8-4-3-5-10(14-2)11(8)12-7/h6,10H,3-5H2,1-2H3,(H,12,13). The minimum Gasteiger partial charge on any atom is -0.375 e. The molecule has 0 amide bonds. The van der Waals surface area contributed by atoms with Crippen molar-refractivity contribution in [2.75, 3.05) is 7.11 Å². The van der Waals surface area contributed by atoms with Gasteiger partial charge in [-0.1, -0.05) is 0 Å². The van der Waals surface area contributed by atoms with Crippen molar-refractivity contribution in [1.82, 2.24) is 4.98 Å². The van der Waals surface area contributed by atoms with Crippen LogP contribution < -0.4 is 5.43 Å². The van der Waals surface area contributed by atoms with E-state index >= 15 is 0 Å². The van der Waals surface area contributed by atoms with Crippen molar-refractivity contribution in [3.8, 4) is 0 Å². The third kappa shape index (κ3) is 1.48. The van der Waals surface area contributed by atoms with Crippen LogP contribution in [0.1, 0.15) is 35.9 Å². The fourth-order valence-electron chi connectivity index (χ4n) is 2.12. The molecule has 0 saturated carbocycles. The van der Waals surface area contributed by atoms with Crippen LogP contribution >= 0.6 is 0 Å². The SMILES string of the molecule is COC1CCCc2c1[nH]c(C)cc2=O. The molecule has 0 radical (unpaired) electrons. The highest BCUT2D eigenvalue weighted by Crippen LogP contribution is 2.28. The van der Waals surface area contributed by atoms with Gasteiger partial charge in [-0.05, 0) is 26.2 Å². The number of hydrogen-bond donors (Lipinski definition) is 1. The van der Waals surface area contributed by atoms with Gasteiger partial charge >= 0.3 is 0 Å². The molecular formula is C11H15NO2. The Morgan fingerprint density at radius 3 is 3.07 bits per heavy atom. The molecule has 2 rings (SSSR count). The van der Waals surface area contributed by atoms with Gasteiger partial charge in [0, 0.05) is 24.4 Å². The van der Waals surface area contributed by atoms with Gasteiger partial charge in [0.25, 0.3) is 0 Å². The number of nitrogens with one attached hydrogen (secondary N) is 1. The van der Waals surface area contributed by atoms with Crippen LogP contribution in [0.3, 0.4) is 0 Å². The number of pyridine rings is 1. The number of hydrogen-bond acceptors (Lipinski definition) is 2. The Bertz CT molecular complexity index is 395. The summed E-state index contributed by atoms with van der Waals surface area (Å²) in [7, 11) is 1.69. The summed E-state index contributed by atoms with van der Waals surface area (Å²) in [6.07, 6.45) is 3.00. The van der Waals surface area contributed by atoms with Crippen molar-refractivity contribution in [2.24, 2.45) is 0 Å². The minimum absolute atomic E-state index is 0.0753. The molecule has 1 N–H and O–H groups in total. The number of H-pyrrole nitrogens is 1. The normalized spacial score (nSPS) is 20.6. The van der Waals surface area contributed by atoms with Crippen LogP contribution in [0.25, 0.3) is 0 Å². The number of aromatic nitrogens is 1. The molecule has 0 aliphatic heterocycles. The highest BCUT2D eigenvalue weighted by Gasteiger charge is 2.22. The first kappa shape index (κ1) is 9.46. The van der Waals surface area contributed by atoms with Crippen molar-refractivity contribution in [1.29, 1.82) is 0 Å². The zero-order valence-electron chi connectivity index (χ0n) is 8.59. The molecule has 3 heteroatoms. The number of aromatic amines is 1. The minimum atomic E-state index is 0.0753. The molecular weight excluding hydrogens is 178 g/mol. The Hall–Kier alpha value is -1.09. The summed E-state index contributed by atoms with van der Waals surface area (Å²) in [6.45, 7) is 1.91.